The fourth-order valence-electron chi connectivity index (χ4n) is 3.20. The van der Waals surface area contributed by atoms with Crippen LogP contribution in [-0.4, -0.2) is 55.3 Å². The van der Waals surface area contributed by atoms with Crippen LogP contribution in [0.4, 0.5) is 5.69 Å². The van der Waals surface area contributed by atoms with Crippen LogP contribution in [0.1, 0.15) is 20.7 Å². The number of carbonyl (C=O) groups excluding carboxylic acids is 3. The van der Waals surface area contributed by atoms with Gasteiger partial charge in [0, 0.05) is 15.7 Å². The van der Waals surface area contributed by atoms with Crippen molar-refractivity contribution >= 4 is 52.7 Å². The number of rotatable bonds is 10. The highest BCUT2D eigenvalue weighted by molar-refractivity contribution is 6.35. The van der Waals surface area contributed by atoms with Crippen molar-refractivity contribution < 1.29 is 43.2 Å². The molecule has 0 saturated carbocycles. The summed E-state index contributed by atoms with van der Waals surface area (Å²) in [6, 6.07) is 15.6. The lowest BCUT2D eigenvalue weighted by Gasteiger charge is -2.24. The fraction of sp³-hybridized carbons (Fsp3) is 0.154. The molecular formula is C26H21Cl2NO9. The third-order valence-corrected chi connectivity index (χ3v) is 5.42. The van der Waals surface area contributed by atoms with Crippen LogP contribution in [-0.2, 0) is 19.1 Å². The van der Waals surface area contributed by atoms with Crippen LogP contribution >= 0.6 is 23.2 Å². The van der Waals surface area contributed by atoms with E-state index < -0.39 is 36.0 Å². The molecule has 0 aliphatic carbocycles. The molecule has 0 spiro atoms. The van der Waals surface area contributed by atoms with E-state index in [0.29, 0.717) is 11.5 Å². The van der Waals surface area contributed by atoms with Crippen molar-refractivity contribution in [1.29, 1.82) is 0 Å². The lowest BCUT2D eigenvalue weighted by atomic mass is 10.1. The van der Waals surface area contributed by atoms with Crippen molar-refractivity contribution in [2.45, 2.75) is 12.2 Å². The number of carboxylic acid groups (broad SMARTS) is 1. The van der Waals surface area contributed by atoms with Gasteiger partial charge < -0.3 is 29.4 Å². The highest BCUT2D eigenvalue weighted by atomic mass is 35.5. The van der Waals surface area contributed by atoms with Gasteiger partial charge in [-0.05, 0) is 54.6 Å². The number of halogens is 2. The first kappa shape index (κ1) is 28.3. The molecule has 0 aliphatic rings. The minimum absolute atomic E-state index is 0.0452. The second-order valence-electron chi connectivity index (χ2n) is 7.60. The number of methoxy groups -OCH3 is 2. The SMILES string of the molecule is COc1cccc(C(=O)O[C@H](C(=O)Nc2cc(Cl)cc(Cl)c2)[C@@H](OC(=O)c2cccc(OC)c2)C(=O)O)c1. The molecular weight excluding hydrogens is 541 g/mol. The summed E-state index contributed by atoms with van der Waals surface area (Å²) in [5, 5.41) is 12.6. The maximum atomic E-state index is 13.2. The Balaban J connectivity index is 1.95. The van der Waals surface area contributed by atoms with Crippen molar-refractivity contribution in [1.82, 2.24) is 0 Å². The monoisotopic (exact) mass is 561 g/mol. The lowest BCUT2D eigenvalue weighted by molar-refractivity contribution is -0.157. The van der Waals surface area contributed by atoms with Gasteiger partial charge in [-0.1, -0.05) is 35.3 Å². The van der Waals surface area contributed by atoms with E-state index in [1.807, 2.05) is 0 Å². The molecule has 198 valence electrons. The van der Waals surface area contributed by atoms with Crippen LogP contribution in [0.5, 0.6) is 11.5 Å². The first-order valence-electron chi connectivity index (χ1n) is 10.8. The third kappa shape index (κ3) is 7.37. The molecule has 38 heavy (non-hydrogen) atoms. The molecule has 10 nitrogen and oxygen atoms in total. The first-order chi connectivity index (χ1) is 18.1. The Hall–Kier alpha value is -4.28. The normalized spacial score (nSPS) is 12.0. The lowest BCUT2D eigenvalue weighted by Crippen LogP contribution is -2.48. The minimum atomic E-state index is -2.24. The Morgan fingerprint density at radius 3 is 1.66 bits per heavy atom. The molecule has 1 amide bonds. The summed E-state index contributed by atoms with van der Waals surface area (Å²) in [6.45, 7) is 0. The molecule has 0 radical (unpaired) electrons. The standard InChI is InChI=1S/C26H21Cl2NO9/c1-35-19-7-3-5-14(9-19)25(33)37-21(23(30)29-18-12-16(27)11-17(28)13-18)22(24(31)32)38-26(34)15-6-4-8-20(10-15)36-2/h3-13,21-22H,1-2H3,(H,29,30)(H,31,32)/t21-,22+/m0/s1. The largest absolute Gasteiger partial charge is 0.497 e. The zero-order chi connectivity index (χ0) is 27.8. The van der Waals surface area contributed by atoms with Crippen LogP contribution in [0.2, 0.25) is 10.0 Å². The topological polar surface area (TPSA) is 137 Å². The molecule has 3 aromatic rings. The number of nitrogens with one attached hydrogen (secondary N) is 1. The number of hydrogen-bond donors (Lipinski definition) is 2. The van der Waals surface area contributed by atoms with Gasteiger partial charge in [0.25, 0.3) is 5.91 Å². The average molecular weight is 562 g/mol. The average Bonchev–Trinajstić information content (AvgIpc) is 2.89. The molecule has 0 aromatic heterocycles. The number of ether oxygens (including phenoxy) is 4. The van der Waals surface area contributed by atoms with Gasteiger partial charge in [0.1, 0.15) is 11.5 Å². The Bertz CT molecular complexity index is 1340. The van der Waals surface area contributed by atoms with E-state index in [9.17, 15) is 24.3 Å². The number of carboxylic acids is 1. The summed E-state index contributed by atoms with van der Waals surface area (Å²) in [7, 11) is 2.76. The predicted molar refractivity (Wildman–Crippen MR) is 137 cm³/mol. The van der Waals surface area contributed by atoms with Crippen LogP contribution in [0, 0.1) is 0 Å². The second-order valence-corrected chi connectivity index (χ2v) is 8.47. The first-order valence-corrected chi connectivity index (χ1v) is 11.6. The number of anilines is 1. The number of benzene rings is 3. The maximum absolute atomic E-state index is 13.2. The molecule has 2 N–H and O–H groups in total. The van der Waals surface area contributed by atoms with E-state index in [2.05, 4.69) is 5.32 Å². The van der Waals surface area contributed by atoms with E-state index in [0.717, 1.165) is 0 Å². The van der Waals surface area contributed by atoms with Crippen LogP contribution in [0.3, 0.4) is 0 Å². The van der Waals surface area contributed by atoms with Gasteiger partial charge in [0.15, 0.2) is 0 Å². The highest BCUT2D eigenvalue weighted by Gasteiger charge is 2.41. The third-order valence-electron chi connectivity index (χ3n) is 4.99. The zero-order valence-corrected chi connectivity index (χ0v) is 21.5. The Labute approximate surface area is 227 Å². The summed E-state index contributed by atoms with van der Waals surface area (Å²) < 4.78 is 20.6. The number of esters is 2. The Morgan fingerprint density at radius 1 is 0.737 bits per heavy atom. The van der Waals surface area contributed by atoms with Crippen molar-refractivity contribution in [3.8, 4) is 11.5 Å². The summed E-state index contributed by atoms with van der Waals surface area (Å²) >= 11 is 11.9. The van der Waals surface area contributed by atoms with E-state index in [-0.39, 0.29) is 26.9 Å². The van der Waals surface area contributed by atoms with Crippen LogP contribution in [0.25, 0.3) is 0 Å². The summed E-state index contributed by atoms with van der Waals surface area (Å²) in [4.78, 5) is 51.1. The predicted octanol–water partition coefficient (Wildman–Crippen LogP) is 4.48. The summed E-state index contributed by atoms with van der Waals surface area (Å²) in [6.07, 6.45) is -4.36. The molecule has 0 aliphatic heterocycles. The van der Waals surface area contributed by atoms with Gasteiger partial charge in [-0.2, -0.15) is 0 Å². The minimum Gasteiger partial charge on any atom is -0.497 e. The van der Waals surface area contributed by atoms with Crippen molar-refractivity contribution in [2.24, 2.45) is 0 Å². The van der Waals surface area contributed by atoms with E-state index in [4.69, 9.17) is 42.1 Å². The quantitative estimate of drug-likeness (QED) is 0.343. The van der Waals surface area contributed by atoms with Crippen molar-refractivity contribution in [3.63, 3.8) is 0 Å². The van der Waals surface area contributed by atoms with Crippen LogP contribution in [0.15, 0.2) is 66.7 Å². The molecule has 0 heterocycles. The van der Waals surface area contributed by atoms with Crippen molar-refractivity contribution in [3.05, 3.63) is 87.9 Å². The van der Waals surface area contributed by atoms with E-state index >= 15 is 0 Å². The van der Waals surface area contributed by atoms with E-state index in [1.165, 1.54) is 68.8 Å². The van der Waals surface area contributed by atoms with Gasteiger partial charge in [-0.3, -0.25) is 4.79 Å². The number of carbonyl (C=O) groups is 4. The number of amides is 1. The highest BCUT2D eigenvalue weighted by Crippen LogP contribution is 2.24. The van der Waals surface area contributed by atoms with Gasteiger partial charge in [0.05, 0.1) is 25.3 Å². The second kappa shape index (κ2) is 12.8. The number of hydrogen-bond acceptors (Lipinski definition) is 8. The molecule has 0 bridgehead atoms. The summed E-state index contributed by atoms with van der Waals surface area (Å²) in [5.41, 5.74) is -0.0232. The molecule has 0 fully saturated rings. The van der Waals surface area contributed by atoms with E-state index in [1.54, 1.807) is 12.1 Å². The molecule has 0 saturated heterocycles. The summed E-state index contributed by atoms with van der Waals surface area (Å²) in [5.74, 6) is -4.42. The number of aliphatic carboxylic acids is 1. The molecule has 2 atom stereocenters. The van der Waals surface area contributed by atoms with Gasteiger partial charge in [-0.25, -0.2) is 14.4 Å². The van der Waals surface area contributed by atoms with Gasteiger partial charge in [-0.15, -0.1) is 0 Å². The molecule has 3 aromatic carbocycles. The Kier molecular flexibility index (Phi) is 9.53. The van der Waals surface area contributed by atoms with Crippen molar-refractivity contribution in [2.75, 3.05) is 19.5 Å². The van der Waals surface area contributed by atoms with Crippen LogP contribution < -0.4 is 14.8 Å². The Morgan fingerprint density at radius 2 is 1.21 bits per heavy atom. The molecule has 3 rings (SSSR count). The molecule has 0 unspecified atom stereocenters. The zero-order valence-electron chi connectivity index (χ0n) is 20.0. The maximum Gasteiger partial charge on any atom is 0.349 e. The molecule has 12 heteroatoms. The van der Waals surface area contributed by atoms with Gasteiger partial charge in [0.2, 0.25) is 12.2 Å². The fourth-order valence-corrected chi connectivity index (χ4v) is 3.73. The smallest absolute Gasteiger partial charge is 0.349 e. The van der Waals surface area contributed by atoms with Gasteiger partial charge >= 0.3 is 17.9 Å².